The minimum Gasteiger partial charge on any atom is -0.462 e. The first kappa shape index (κ1) is 20.2. The summed E-state index contributed by atoms with van der Waals surface area (Å²) in [5.41, 5.74) is -1.07. The van der Waals surface area contributed by atoms with Crippen molar-refractivity contribution < 1.29 is 32.2 Å². The number of alkyl halides is 3. The van der Waals surface area contributed by atoms with E-state index < -0.39 is 34.8 Å². The molecule has 2 aromatic carbocycles. The van der Waals surface area contributed by atoms with Crippen molar-refractivity contribution in [3.63, 3.8) is 0 Å². The number of carbonyl (C=O) groups is 2. The van der Waals surface area contributed by atoms with E-state index in [9.17, 15) is 22.8 Å². The summed E-state index contributed by atoms with van der Waals surface area (Å²) in [6.45, 7) is 1.59. The van der Waals surface area contributed by atoms with Crippen LogP contribution in [-0.2, 0) is 25.2 Å². The maximum Gasteiger partial charge on any atom is 0.416 e. The van der Waals surface area contributed by atoms with Gasteiger partial charge in [-0.05, 0) is 36.8 Å². The molecule has 0 aromatic heterocycles. The Hall–Kier alpha value is -3.55. The number of ether oxygens (including phenoxy) is 2. The van der Waals surface area contributed by atoms with Crippen LogP contribution < -0.4 is 5.32 Å². The van der Waals surface area contributed by atoms with E-state index in [1.54, 1.807) is 37.3 Å². The summed E-state index contributed by atoms with van der Waals surface area (Å²) < 4.78 is 50.0. The Bertz CT molecular complexity index is 994. The van der Waals surface area contributed by atoms with Crippen LogP contribution in [0.1, 0.15) is 18.1 Å². The quantitative estimate of drug-likeness (QED) is 0.451. The third-order valence-electron chi connectivity index (χ3n) is 3.95. The molecule has 0 aliphatic carbocycles. The molecule has 0 saturated heterocycles. The SMILES string of the molecule is CCOC(=O)C1=C(Nc2ccccc2)O/C(=C\c2ccccc2C(F)(F)F)C1=O. The normalized spacial score (nSPS) is 15.4. The van der Waals surface area contributed by atoms with Crippen molar-refractivity contribution in [1.29, 1.82) is 0 Å². The predicted octanol–water partition coefficient (Wildman–Crippen LogP) is 4.53. The molecule has 2 aromatic rings. The van der Waals surface area contributed by atoms with E-state index in [0.717, 1.165) is 12.1 Å². The lowest BCUT2D eigenvalue weighted by Crippen LogP contribution is -2.16. The molecule has 1 aliphatic heterocycles. The molecule has 8 heteroatoms. The van der Waals surface area contributed by atoms with Gasteiger partial charge in [0.15, 0.2) is 11.3 Å². The summed E-state index contributed by atoms with van der Waals surface area (Å²) in [6.07, 6.45) is -3.65. The molecule has 1 aliphatic rings. The molecule has 0 saturated carbocycles. The predicted molar refractivity (Wildman–Crippen MR) is 99.2 cm³/mol. The summed E-state index contributed by atoms with van der Waals surface area (Å²) >= 11 is 0. The number of nitrogens with one attached hydrogen (secondary N) is 1. The Morgan fingerprint density at radius 1 is 1.10 bits per heavy atom. The zero-order chi connectivity index (χ0) is 21.0. The van der Waals surface area contributed by atoms with Crippen LogP contribution in [0.4, 0.5) is 18.9 Å². The van der Waals surface area contributed by atoms with Crippen LogP contribution >= 0.6 is 0 Å². The summed E-state index contributed by atoms with van der Waals surface area (Å²) in [4.78, 5) is 25.0. The molecule has 3 rings (SSSR count). The summed E-state index contributed by atoms with van der Waals surface area (Å²) in [7, 11) is 0. The standard InChI is InChI=1S/C21H16F3NO4/c1-2-28-20(27)17-18(26)16(29-19(17)25-14-9-4-3-5-10-14)12-13-8-6-7-11-15(13)21(22,23)24/h3-12,25H,2H2,1H3/b16-12-. The first-order valence-corrected chi connectivity index (χ1v) is 8.65. The number of ketones is 1. The fourth-order valence-electron chi connectivity index (χ4n) is 2.68. The van der Waals surface area contributed by atoms with Gasteiger partial charge < -0.3 is 14.8 Å². The van der Waals surface area contributed by atoms with Gasteiger partial charge in [0.25, 0.3) is 0 Å². The van der Waals surface area contributed by atoms with Gasteiger partial charge in [-0.3, -0.25) is 4.79 Å². The van der Waals surface area contributed by atoms with Crippen molar-refractivity contribution in [3.05, 3.63) is 82.9 Å². The number of esters is 1. The number of allylic oxidation sites excluding steroid dienone is 1. The number of Topliss-reactive ketones (excluding diaryl/α,β-unsaturated/α-hetero) is 1. The van der Waals surface area contributed by atoms with Crippen molar-refractivity contribution in [3.8, 4) is 0 Å². The number of anilines is 1. The highest BCUT2D eigenvalue weighted by Gasteiger charge is 2.38. The number of hydrogen-bond donors (Lipinski definition) is 1. The Kier molecular flexibility index (Phi) is 5.72. The lowest BCUT2D eigenvalue weighted by molar-refractivity contribution is -0.140. The number of carbonyl (C=O) groups excluding carboxylic acids is 2. The van der Waals surface area contributed by atoms with E-state index in [2.05, 4.69) is 5.32 Å². The van der Waals surface area contributed by atoms with E-state index >= 15 is 0 Å². The maximum atomic E-state index is 13.2. The van der Waals surface area contributed by atoms with Gasteiger partial charge in [0.05, 0.1) is 12.2 Å². The average molecular weight is 403 g/mol. The van der Waals surface area contributed by atoms with Gasteiger partial charge in [-0.2, -0.15) is 13.2 Å². The summed E-state index contributed by atoms with van der Waals surface area (Å²) in [5, 5.41) is 2.79. The molecular weight excluding hydrogens is 387 g/mol. The van der Waals surface area contributed by atoms with Crippen molar-refractivity contribution in [2.75, 3.05) is 11.9 Å². The zero-order valence-corrected chi connectivity index (χ0v) is 15.2. The second kappa shape index (κ2) is 8.22. The van der Waals surface area contributed by atoms with Crippen molar-refractivity contribution in [1.82, 2.24) is 0 Å². The third kappa shape index (κ3) is 4.48. The zero-order valence-electron chi connectivity index (χ0n) is 15.2. The number of hydrogen-bond acceptors (Lipinski definition) is 5. The highest BCUT2D eigenvalue weighted by Crippen LogP contribution is 2.35. The molecule has 0 fully saturated rings. The van der Waals surface area contributed by atoms with Gasteiger partial charge in [-0.1, -0.05) is 36.4 Å². The van der Waals surface area contributed by atoms with Gasteiger partial charge in [-0.15, -0.1) is 0 Å². The minimum absolute atomic E-state index is 0.0180. The van der Waals surface area contributed by atoms with E-state index in [0.29, 0.717) is 5.69 Å². The molecule has 0 radical (unpaired) electrons. The topological polar surface area (TPSA) is 64.6 Å². The average Bonchev–Trinajstić information content (AvgIpc) is 2.97. The van der Waals surface area contributed by atoms with E-state index in [-0.39, 0.29) is 18.1 Å². The monoisotopic (exact) mass is 403 g/mol. The molecule has 1 heterocycles. The largest absolute Gasteiger partial charge is 0.462 e. The van der Waals surface area contributed by atoms with Crippen LogP contribution in [-0.4, -0.2) is 18.4 Å². The molecule has 0 amide bonds. The fraction of sp³-hybridized carbons (Fsp3) is 0.143. The van der Waals surface area contributed by atoms with Crippen LogP contribution in [0.15, 0.2) is 71.8 Å². The fourth-order valence-corrected chi connectivity index (χ4v) is 2.68. The van der Waals surface area contributed by atoms with Crippen molar-refractivity contribution in [2.24, 2.45) is 0 Å². The van der Waals surface area contributed by atoms with Crippen LogP contribution in [0.2, 0.25) is 0 Å². The smallest absolute Gasteiger partial charge is 0.416 e. The maximum absolute atomic E-state index is 13.2. The molecule has 5 nitrogen and oxygen atoms in total. The molecule has 0 atom stereocenters. The molecule has 0 spiro atoms. The second-order valence-corrected chi connectivity index (χ2v) is 5.94. The van der Waals surface area contributed by atoms with Crippen molar-refractivity contribution in [2.45, 2.75) is 13.1 Å². The highest BCUT2D eigenvalue weighted by molar-refractivity contribution is 6.26. The van der Waals surface area contributed by atoms with Gasteiger partial charge in [-0.25, -0.2) is 4.79 Å². The van der Waals surface area contributed by atoms with Gasteiger partial charge >= 0.3 is 12.1 Å². The van der Waals surface area contributed by atoms with E-state index in [1.807, 2.05) is 0 Å². The number of rotatable bonds is 5. The summed E-state index contributed by atoms with van der Waals surface area (Å²) in [5.74, 6) is -2.40. The number of benzene rings is 2. The Balaban J connectivity index is 2.00. The minimum atomic E-state index is -4.61. The van der Waals surface area contributed by atoms with E-state index in [1.165, 1.54) is 18.2 Å². The van der Waals surface area contributed by atoms with Gasteiger partial charge in [0.1, 0.15) is 0 Å². The lowest BCUT2D eigenvalue weighted by atomic mass is 10.0. The Labute approximate surface area is 164 Å². The first-order valence-electron chi connectivity index (χ1n) is 8.65. The molecule has 0 unspecified atom stereocenters. The lowest BCUT2D eigenvalue weighted by Gasteiger charge is -2.11. The van der Waals surface area contributed by atoms with Crippen LogP contribution in [0, 0.1) is 0 Å². The first-order chi connectivity index (χ1) is 13.8. The Morgan fingerprint density at radius 2 is 1.76 bits per heavy atom. The number of para-hydroxylation sites is 1. The highest BCUT2D eigenvalue weighted by atomic mass is 19.4. The molecule has 1 N–H and O–H groups in total. The van der Waals surface area contributed by atoms with Gasteiger partial charge in [0, 0.05) is 5.69 Å². The van der Waals surface area contributed by atoms with Gasteiger partial charge in [0.2, 0.25) is 11.7 Å². The number of halogens is 3. The second-order valence-electron chi connectivity index (χ2n) is 5.94. The molecule has 0 bridgehead atoms. The molecule has 29 heavy (non-hydrogen) atoms. The third-order valence-corrected chi connectivity index (χ3v) is 3.95. The van der Waals surface area contributed by atoms with E-state index in [4.69, 9.17) is 9.47 Å². The van der Waals surface area contributed by atoms with Crippen LogP contribution in [0.3, 0.4) is 0 Å². The Morgan fingerprint density at radius 3 is 2.41 bits per heavy atom. The molecule has 150 valence electrons. The van der Waals surface area contributed by atoms with Crippen LogP contribution in [0.25, 0.3) is 6.08 Å². The molecular formula is C21H16F3NO4. The van der Waals surface area contributed by atoms with Crippen molar-refractivity contribution >= 4 is 23.5 Å². The van der Waals surface area contributed by atoms with Crippen LogP contribution in [0.5, 0.6) is 0 Å². The summed E-state index contributed by atoms with van der Waals surface area (Å²) in [6, 6.07) is 13.3.